The molecule has 0 atom stereocenters. The summed E-state index contributed by atoms with van der Waals surface area (Å²) in [7, 11) is 0. The summed E-state index contributed by atoms with van der Waals surface area (Å²) in [5, 5.41) is 0. The topological polar surface area (TPSA) is 6.48 Å². The zero-order chi connectivity index (χ0) is 17.9. The van der Waals surface area contributed by atoms with Gasteiger partial charge >= 0.3 is 0 Å². The molecule has 2 fully saturated rings. The largest absolute Gasteiger partial charge is 0.394 e. The second-order valence-electron chi connectivity index (χ2n) is 7.32. The molecule has 0 aromatic carbocycles. The van der Waals surface area contributed by atoms with Crippen LogP contribution in [0.4, 0.5) is 0 Å². The minimum absolute atomic E-state index is 0.939. The van der Waals surface area contributed by atoms with Crippen molar-refractivity contribution >= 4 is 34.4 Å². The van der Waals surface area contributed by atoms with Gasteiger partial charge in [-0.15, -0.1) is 41.6 Å². The molecule has 136 valence electrons. The van der Waals surface area contributed by atoms with Crippen LogP contribution in [0.3, 0.4) is 0 Å². The first-order chi connectivity index (χ1) is 12.8. The number of thiocarbonyl (C=S) groups is 2. The van der Waals surface area contributed by atoms with Gasteiger partial charge in [-0.2, -0.15) is 0 Å². The third kappa shape index (κ3) is 3.49. The SMILES string of the molecule is S=C(c1[c-]c(C(=S)N2CCCCC2)c2cccccc1-2)N1CCCCC1. The van der Waals surface area contributed by atoms with E-state index in [1.165, 1.54) is 49.7 Å². The van der Waals surface area contributed by atoms with E-state index in [-0.39, 0.29) is 0 Å². The highest BCUT2D eigenvalue weighted by molar-refractivity contribution is 7.81. The van der Waals surface area contributed by atoms with E-state index in [1.807, 2.05) is 0 Å². The lowest BCUT2D eigenvalue weighted by atomic mass is 10.1. The Hall–Kier alpha value is -1.52. The second-order valence-corrected chi connectivity index (χ2v) is 8.09. The lowest BCUT2D eigenvalue weighted by molar-refractivity contribution is 0.347. The van der Waals surface area contributed by atoms with Crippen molar-refractivity contribution in [3.63, 3.8) is 0 Å². The van der Waals surface area contributed by atoms with E-state index in [9.17, 15) is 0 Å². The summed E-state index contributed by atoms with van der Waals surface area (Å²) in [5.41, 5.74) is 4.48. The fourth-order valence-electron chi connectivity index (χ4n) is 4.09. The number of hydrogen-bond acceptors (Lipinski definition) is 2. The molecule has 0 radical (unpaired) electrons. The van der Waals surface area contributed by atoms with Gasteiger partial charge in [0.25, 0.3) is 0 Å². The van der Waals surface area contributed by atoms with Crippen LogP contribution in [0.25, 0.3) is 11.1 Å². The number of piperidine rings is 2. The summed E-state index contributed by atoms with van der Waals surface area (Å²) in [5.74, 6) is 0. The first-order valence-corrected chi connectivity index (χ1v) is 10.6. The van der Waals surface area contributed by atoms with Crippen LogP contribution in [0, 0.1) is 6.07 Å². The molecule has 2 nitrogen and oxygen atoms in total. The van der Waals surface area contributed by atoms with Crippen molar-refractivity contribution in [2.75, 3.05) is 26.2 Å². The lowest BCUT2D eigenvalue weighted by Crippen LogP contribution is -2.35. The highest BCUT2D eigenvalue weighted by atomic mass is 32.1. The van der Waals surface area contributed by atoms with Gasteiger partial charge in [0.2, 0.25) is 0 Å². The Morgan fingerprint density at radius 3 is 1.50 bits per heavy atom. The smallest absolute Gasteiger partial charge is 0.0424 e. The Morgan fingerprint density at radius 2 is 1.08 bits per heavy atom. The molecule has 2 aliphatic carbocycles. The Morgan fingerprint density at radius 1 is 0.654 bits per heavy atom. The Bertz CT molecular complexity index is 712. The van der Waals surface area contributed by atoms with Gasteiger partial charge < -0.3 is 9.80 Å². The van der Waals surface area contributed by atoms with E-state index >= 15 is 0 Å². The minimum atomic E-state index is 0.939. The molecule has 26 heavy (non-hydrogen) atoms. The summed E-state index contributed by atoms with van der Waals surface area (Å²) in [4.78, 5) is 6.58. The molecule has 0 bridgehead atoms. The maximum Gasteiger partial charge on any atom is 0.0424 e. The van der Waals surface area contributed by atoms with Gasteiger partial charge in [0.15, 0.2) is 0 Å². The number of likely N-dealkylation sites (tertiary alicyclic amines) is 2. The fourth-order valence-corrected chi connectivity index (χ4v) is 4.78. The van der Waals surface area contributed by atoms with Gasteiger partial charge in [0, 0.05) is 36.2 Å². The van der Waals surface area contributed by atoms with Gasteiger partial charge in [0.1, 0.15) is 0 Å². The van der Waals surface area contributed by atoms with E-state index < -0.39 is 0 Å². The van der Waals surface area contributed by atoms with E-state index in [1.54, 1.807) is 0 Å². The van der Waals surface area contributed by atoms with Crippen molar-refractivity contribution in [2.45, 2.75) is 38.5 Å². The van der Waals surface area contributed by atoms with Crippen LogP contribution in [0.5, 0.6) is 0 Å². The van der Waals surface area contributed by atoms with Crippen molar-refractivity contribution in [2.24, 2.45) is 0 Å². The Labute approximate surface area is 167 Å². The van der Waals surface area contributed by atoms with Crippen LogP contribution in [0.1, 0.15) is 49.7 Å². The molecule has 0 saturated carbocycles. The normalized spacial score (nSPS) is 18.2. The first-order valence-electron chi connectivity index (χ1n) is 9.78. The zero-order valence-electron chi connectivity index (χ0n) is 15.2. The lowest BCUT2D eigenvalue weighted by Gasteiger charge is -2.32. The standard InChI is InChI=1S/C22H25N2S2/c25-21(23-12-6-2-7-13-23)19-16-20(18-11-5-1-4-10-17(18)19)22(26)24-14-8-3-9-15-24/h1,4-5,10-11H,2-3,6-9,12-15H2/q-1. The first kappa shape index (κ1) is 17.9. The van der Waals surface area contributed by atoms with Crippen LogP contribution in [0.15, 0.2) is 30.3 Å². The fraction of sp³-hybridized carbons (Fsp3) is 0.455. The Balaban J connectivity index is 1.72. The van der Waals surface area contributed by atoms with Crippen molar-refractivity contribution in [1.82, 2.24) is 9.80 Å². The molecular formula is C22H25N2S2-. The van der Waals surface area contributed by atoms with Crippen LogP contribution >= 0.6 is 24.4 Å². The van der Waals surface area contributed by atoms with E-state index in [0.29, 0.717) is 0 Å². The summed E-state index contributed by atoms with van der Waals surface area (Å²) in [6, 6.07) is 14.2. The van der Waals surface area contributed by atoms with E-state index in [0.717, 1.165) is 47.3 Å². The highest BCUT2D eigenvalue weighted by Crippen LogP contribution is 2.34. The molecule has 0 aromatic heterocycles. The average Bonchev–Trinajstić information content (AvgIpc) is 2.89. The summed E-state index contributed by atoms with van der Waals surface area (Å²) >= 11 is 11.8. The summed E-state index contributed by atoms with van der Waals surface area (Å²) < 4.78 is 0. The van der Waals surface area contributed by atoms with Gasteiger partial charge in [-0.05, 0) is 38.5 Å². The molecule has 4 aliphatic rings. The van der Waals surface area contributed by atoms with Gasteiger partial charge in [-0.3, -0.25) is 0 Å². The molecule has 0 N–H and O–H groups in total. The molecule has 2 aliphatic heterocycles. The number of fused-ring (bicyclic) bond motifs is 1. The maximum absolute atomic E-state index is 5.90. The number of nitrogens with zero attached hydrogens (tertiary/aromatic N) is 2. The van der Waals surface area contributed by atoms with Crippen molar-refractivity contribution in [3.05, 3.63) is 47.5 Å². The minimum Gasteiger partial charge on any atom is -0.394 e. The average molecular weight is 382 g/mol. The third-order valence-electron chi connectivity index (χ3n) is 5.54. The predicted octanol–water partition coefficient (Wildman–Crippen LogP) is 4.91. The predicted molar refractivity (Wildman–Crippen MR) is 116 cm³/mol. The maximum atomic E-state index is 5.90. The highest BCUT2D eigenvalue weighted by Gasteiger charge is 2.19. The van der Waals surface area contributed by atoms with Gasteiger partial charge in [-0.1, -0.05) is 41.5 Å². The number of hydrogen-bond donors (Lipinski definition) is 0. The monoisotopic (exact) mass is 381 g/mol. The quantitative estimate of drug-likeness (QED) is 0.538. The summed E-state index contributed by atoms with van der Waals surface area (Å²) in [6.07, 6.45) is 7.53. The number of rotatable bonds is 2. The van der Waals surface area contributed by atoms with Gasteiger partial charge in [-0.25, -0.2) is 0 Å². The molecular weight excluding hydrogens is 356 g/mol. The molecule has 2 saturated heterocycles. The van der Waals surface area contributed by atoms with Crippen LogP contribution < -0.4 is 0 Å². The van der Waals surface area contributed by atoms with Crippen molar-refractivity contribution in [3.8, 4) is 11.1 Å². The molecule has 0 spiro atoms. The zero-order valence-corrected chi connectivity index (χ0v) is 16.8. The molecule has 4 rings (SSSR count). The van der Waals surface area contributed by atoms with Gasteiger partial charge in [0.05, 0.1) is 0 Å². The molecule has 0 aromatic rings. The molecule has 4 heteroatoms. The van der Waals surface area contributed by atoms with E-state index in [2.05, 4.69) is 46.2 Å². The van der Waals surface area contributed by atoms with Crippen molar-refractivity contribution in [1.29, 1.82) is 0 Å². The Kier molecular flexibility index (Phi) is 5.51. The third-order valence-corrected chi connectivity index (χ3v) is 6.47. The van der Waals surface area contributed by atoms with Crippen LogP contribution in [0.2, 0.25) is 0 Å². The van der Waals surface area contributed by atoms with Crippen LogP contribution in [-0.2, 0) is 0 Å². The van der Waals surface area contributed by atoms with Crippen molar-refractivity contribution < 1.29 is 0 Å². The molecule has 0 amide bonds. The van der Waals surface area contributed by atoms with E-state index in [4.69, 9.17) is 24.4 Å². The van der Waals surface area contributed by atoms with Crippen LogP contribution in [-0.4, -0.2) is 46.0 Å². The molecule has 2 heterocycles. The molecule has 0 unspecified atom stereocenters. The second kappa shape index (κ2) is 8.01. The summed E-state index contributed by atoms with van der Waals surface area (Å²) in [6.45, 7) is 4.24.